The fraction of sp³-hybridized carbons (Fsp3) is 0.350. The van der Waals surface area contributed by atoms with Gasteiger partial charge in [-0.05, 0) is 47.4 Å². The maximum absolute atomic E-state index is 12.5. The lowest BCUT2D eigenvalue weighted by Crippen LogP contribution is -2.26. The van der Waals surface area contributed by atoms with Gasteiger partial charge in [0, 0.05) is 24.9 Å². The molecule has 2 aromatic carbocycles. The van der Waals surface area contributed by atoms with Crippen molar-refractivity contribution in [2.75, 3.05) is 25.0 Å². The van der Waals surface area contributed by atoms with Crippen LogP contribution in [0.2, 0.25) is 0 Å². The van der Waals surface area contributed by atoms with E-state index in [9.17, 15) is 13.2 Å². The Balaban J connectivity index is 2.09. The highest BCUT2D eigenvalue weighted by molar-refractivity contribution is 7.92. The zero-order chi connectivity index (χ0) is 20.1. The molecule has 2 N–H and O–H groups in total. The number of methoxy groups -OCH3 is 1. The van der Waals surface area contributed by atoms with Crippen molar-refractivity contribution in [2.45, 2.75) is 31.1 Å². The fourth-order valence-corrected chi connectivity index (χ4v) is 3.47. The van der Waals surface area contributed by atoms with Crippen LogP contribution in [0, 0.1) is 0 Å². The Morgan fingerprint density at radius 1 is 1.00 bits per heavy atom. The lowest BCUT2D eigenvalue weighted by molar-refractivity contribution is 0.0937. The average Bonchev–Trinajstić information content (AvgIpc) is 2.61. The maximum atomic E-state index is 12.5. The Kier molecular flexibility index (Phi) is 6.62. The zero-order valence-corrected chi connectivity index (χ0v) is 16.9. The van der Waals surface area contributed by atoms with E-state index in [0.29, 0.717) is 24.4 Å². The number of nitrogens with one attached hydrogen (secondary N) is 2. The van der Waals surface area contributed by atoms with Gasteiger partial charge in [0.15, 0.2) is 0 Å². The number of amides is 1. The van der Waals surface area contributed by atoms with Crippen molar-refractivity contribution < 1.29 is 17.9 Å². The third-order valence-electron chi connectivity index (χ3n) is 4.02. The van der Waals surface area contributed by atoms with Gasteiger partial charge in [-0.2, -0.15) is 0 Å². The molecule has 7 heteroatoms. The molecule has 1 amide bonds. The van der Waals surface area contributed by atoms with E-state index >= 15 is 0 Å². The van der Waals surface area contributed by atoms with Gasteiger partial charge < -0.3 is 10.1 Å². The van der Waals surface area contributed by atoms with E-state index in [1.54, 1.807) is 19.2 Å². The molecule has 146 valence electrons. The molecule has 2 aromatic rings. The van der Waals surface area contributed by atoms with Gasteiger partial charge >= 0.3 is 0 Å². The summed E-state index contributed by atoms with van der Waals surface area (Å²) in [7, 11) is -2.18. The van der Waals surface area contributed by atoms with Crippen molar-refractivity contribution in [3.63, 3.8) is 0 Å². The minimum absolute atomic E-state index is 0.00291. The number of hydrogen-bond donors (Lipinski definition) is 2. The van der Waals surface area contributed by atoms with Gasteiger partial charge in [0.25, 0.3) is 15.9 Å². The van der Waals surface area contributed by atoms with Gasteiger partial charge in [-0.15, -0.1) is 0 Å². The molecule has 27 heavy (non-hydrogen) atoms. The summed E-state index contributed by atoms with van der Waals surface area (Å²) in [6, 6.07) is 13.1. The standard InChI is InChI=1S/C20H26N2O4S/c1-20(2,3)16-7-9-17(10-8-16)22-27(24,25)18-11-5-15(6-12-18)19(23)21-13-14-26-4/h5-12,22H,13-14H2,1-4H3,(H,21,23). The molecule has 0 aliphatic carbocycles. The molecule has 0 fully saturated rings. The maximum Gasteiger partial charge on any atom is 0.261 e. The molecule has 0 saturated heterocycles. The van der Waals surface area contributed by atoms with E-state index in [0.717, 1.165) is 5.56 Å². The second-order valence-corrected chi connectivity index (χ2v) is 8.89. The summed E-state index contributed by atoms with van der Waals surface area (Å²) in [5, 5.41) is 2.69. The number of benzene rings is 2. The molecule has 0 saturated carbocycles. The predicted molar refractivity (Wildman–Crippen MR) is 107 cm³/mol. The van der Waals surface area contributed by atoms with Crippen molar-refractivity contribution in [3.8, 4) is 0 Å². The van der Waals surface area contributed by atoms with Crippen LogP contribution >= 0.6 is 0 Å². The van der Waals surface area contributed by atoms with Crippen LogP contribution in [0.25, 0.3) is 0 Å². The largest absolute Gasteiger partial charge is 0.383 e. The van der Waals surface area contributed by atoms with Crippen molar-refractivity contribution in [3.05, 3.63) is 59.7 Å². The minimum atomic E-state index is -3.73. The quantitative estimate of drug-likeness (QED) is 0.711. The van der Waals surface area contributed by atoms with E-state index in [1.165, 1.54) is 24.3 Å². The summed E-state index contributed by atoms with van der Waals surface area (Å²) >= 11 is 0. The highest BCUT2D eigenvalue weighted by Gasteiger charge is 2.17. The summed E-state index contributed by atoms with van der Waals surface area (Å²) in [5.41, 5.74) is 2.00. The second-order valence-electron chi connectivity index (χ2n) is 7.21. The van der Waals surface area contributed by atoms with E-state index in [-0.39, 0.29) is 16.2 Å². The van der Waals surface area contributed by atoms with Gasteiger partial charge in [-0.3, -0.25) is 9.52 Å². The first-order valence-electron chi connectivity index (χ1n) is 8.64. The van der Waals surface area contributed by atoms with Gasteiger partial charge in [0.05, 0.1) is 11.5 Å². The highest BCUT2D eigenvalue weighted by atomic mass is 32.2. The molecule has 0 unspecified atom stereocenters. The molecule has 0 bridgehead atoms. The summed E-state index contributed by atoms with van der Waals surface area (Å²) in [4.78, 5) is 12.0. The third-order valence-corrected chi connectivity index (χ3v) is 5.42. The van der Waals surface area contributed by atoms with E-state index in [2.05, 4.69) is 30.8 Å². The van der Waals surface area contributed by atoms with Crippen molar-refractivity contribution >= 4 is 21.6 Å². The summed E-state index contributed by atoms with van der Waals surface area (Å²) < 4.78 is 32.5. The number of rotatable bonds is 7. The Hall–Kier alpha value is -2.38. The summed E-state index contributed by atoms with van der Waals surface area (Å²) in [6.07, 6.45) is 0. The van der Waals surface area contributed by atoms with Crippen molar-refractivity contribution in [2.24, 2.45) is 0 Å². The number of sulfonamides is 1. The van der Waals surface area contributed by atoms with E-state index in [1.807, 2.05) is 12.1 Å². The topological polar surface area (TPSA) is 84.5 Å². The van der Waals surface area contributed by atoms with Crippen molar-refractivity contribution in [1.82, 2.24) is 5.32 Å². The minimum Gasteiger partial charge on any atom is -0.383 e. The summed E-state index contributed by atoms with van der Waals surface area (Å²) in [6.45, 7) is 7.09. The number of carbonyl (C=O) groups is 1. The first-order chi connectivity index (χ1) is 12.6. The van der Waals surface area contributed by atoms with Crippen molar-refractivity contribution in [1.29, 1.82) is 0 Å². The van der Waals surface area contributed by atoms with Crippen LogP contribution in [0.4, 0.5) is 5.69 Å². The number of hydrogen-bond acceptors (Lipinski definition) is 4. The molecule has 2 rings (SSSR count). The molecule has 0 spiro atoms. The average molecular weight is 391 g/mol. The van der Waals surface area contributed by atoms with E-state index in [4.69, 9.17) is 4.74 Å². The van der Waals surface area contributed by atoms with Crippen LogP contribution in [-0.4, -0.2) is 34.6 Å². The SMILES string of the molecule is COCCNC(=O)c1ccc(S(=O)(=O)Nc2ccc(C(C)(C)C)cc2)cc1. The number of anilines is 1. The lowest BCUT2D eigenvalue weighted by atomic mass is 9.87. The highest BCUT2D eigenvalue weighted by Crippen LogP contribution is 2.24. The monoisotopic (exact) mass is 390 g/mol. The van der Waals surface area contributed by atoms with E-state index < -0.39 is 10.0 Å². The van der Waals surface area contributed by atoms with Gasteiger partial charge in [0.2, 0.25) is 0 Å². The third kappa shape index (κ3) is 5.80. The molecule has 0 aromatic heterocycles. The molecule has 0 aliphatic heterocycles. The Morgan fingerprint density at radius 2 is 1.59 bits per heavy atom. The van der Waals surface area contributed by atoms with Crippen LogP contribution in [0.1, 0.15) is 36.7 Å². The molecule has 0 heterocycles. The molecule has 6 nitrogen and oxygen atoms in total. The van der Waals surface area contributed by atoms with Gasteiger partial charge in [-0.1, -0.05) is 32.9 Å². The van der Waals surface area contributed by atoms with Crippen LogP contribution in [0.3, 0.4) is 0 Å². The molecular formula is C20H26N2O4S. The Morgan fingerprint density at radius 3 is 2.11 bits per heavy atom. The fourth-order valence-electron chi connectivity index (χ4n) is 2.41. The van der Waals surface area contributed by atoms with Crippen LogP contribution < -0.4 is 10.0 Å². The number of ether oxygens (including phenoxy) is 1. The lowest BCUT2D eigenvalue weighted by Gasteiger charge is -2.19. The first-order valence-corrected chi connectivity index (χ1v) is 10.1. The smallest absolute Gasteiger partial charge is 0.261 e. The number of carbonyl (C=O) groups excluding carboxylic acids is 1. The second kappa shape index (κ2) is 8.54. The molecule has 0 radical (unpaired) electrons. The predicted octanol–water partition coefficient (Wildman–Crippen LogP) is 3.16. The molecule has 0 atom stereocenters. The van der Waals surface area contributed by atoms with Gasteiger partial charge in [-0.25, -0.2) is 8.42 Å². The molecule has 0 aliphatic rings. The van der Waals surface area contributed by atoms with Gasteiger partial charge in [0.1, 0.15) is 0 Å². The van der Waals surface area contributed by atoms with Crippen LogP contribution in [-0.2, 0) is 20.2 Å². The van der Waals surface area contributed by atoms with Crippen LogP contribution in [0.5, 0.6) is 0 Å². The first kappa shape index (κ1) is 20.9. The summed E-state index contributed by atoms with van der Waals surface area (Å²) in [5.74, 6) is -0.276. The van der Waals surface area contributed by atoms with Crippen LogP contribution in [0.15, 0.2) is 53.4 Å². The normalized spacial score (nSPS) is 11.9. The zero-order valence-electron chi connectivity index (χ0n) is 16.1. The Bertz CT molecular complexity index is 868. The molecular weight excluding hydrogens is 364 g/mol. The Labute approximate surface area is 161 Å².